The maximum atomic E-state index is 12.7. The molecule has 574 valence electrons. The molecule has 0 unspecified atom stereocenters. The smallest absolute Gasteiger partial charge is 0.414 e. The van der Waals surface area contributed by atoms with Gasteiger partial charge in [-0.15, -0.1) is 0 Å². The van der Waals surface area contributed by atoms with E-state index in [0.29, 0.717) is 136 Å². The largest absolute Gasteiger partial charge is 0.447 e. The van der Waals surface area contributed by atoms with Crippen LogP contribution in [0.1, 0.15) is 73.7 Å². The lowest BCUT2D eigenvalue weighted by molar-refractivity contribution is -0.117. The van der Waals surface area contributed by atoms with Crippen molar-refractivity contribution in [3.05, 3.63) is 307 Å². The minimum atomic E-state index is -3.40. The van der Waals surface area contributed by atoms with E-state index < -0.39 is 25.6 Å². The van der Waals surface area contributed by atoms with E-state index in [1.807, 2.05) is 66.7 Å². The topological polar surface area (TPSA) is 286 Å². The second-order valence-electron chi connectivity index (χ2n) is 25.0. The Morgan fingerprint density at radius 1 is 0.398 bits per heavy atom. The first-order valence-corrected chi connectivity index (χ1v) is 40.4. The van der Waals surface area contributed by atoms with E-state index in [1.165, 1.54) is 41.3 Å². The second-order valence-corrected chi connectivity index (χ2v) is 32.0. The molecule has 12 aromatic rings. The Labute approximate surface area is 682 Å². The number of aromatic nitrogens is 4. The summed E-state index contributed by atoms with van der Waals surface area (Å²) in [4.78, 5) is 94.8. The number of amides is 6. The predicted molar refractivity (Wildman–Crippen MR) is 447 cm³/mol. The molecule has 2 aliphatic rings. The average Bonchev–Trinajstić information content (AvgIpc) is 1.42. The third-order valence-electron chi connectivity index (χ3n) is 17.6. The number of ether oxygens (including phenoxy) is 1. The summed E-state index contributed by atoms with van der Waals surface area (Å²) in [5, 5.41) is 13.8. The van der Waals surface area contributed by atoms with E-state index in [0.717, 1.165) is 23.2 Å². The van der Waals surface area contributed by atoms with Crippen molar-refractivity contribution in [2.24, 2.45) is 0 Å². The van der Waals surface area contributed by atoms with Crippen LogP contribution in [0.15, 0.2) is 259 Å². The quantitative estimate of drug-likeness (QED) is 0.0621. The van der Waals surface area contributed by atoms with Crippen LogP contribution in [0.5, 0.6) is 0 Å². The Morgan fingerprint density at radius 2 is 0.770 bits per heavy atom. The number of rotatable bonds is 18. The van der Waals surface area contributed by atoms with Gasteiger partial charge in [-0.3, -0.25) is 48.8 Å². The maximum Gasteiger partial charge on any atom is 0.414 e. The van der Waals surface area contributed by atoms with Crippen molar-refractivity contribution in [1.29, 1.82) is 0 Å². The van der Waals surface area contributed by atoms with E-state index in [9.17, 15) is 45.6 Å². The molecule has 6 heterocycles. The number of anilines is 6. The van der Waals surface area contributed by atoms with E-state index >= 15 is 0 Å². The Kier molecular flexibility index (Phi) is 27.6. The molecule has 2 fully saturated rings. The van der Waals surface area contributed by atoms with Crippen LogP contribution in [0, 0.1) is 6.92 Å². The van der Waals surface area contributed by atoms with Gasteiger partial charge in [-0.2, -0.15) is 0 Å². The fraction of sp³-hybridized carbons (Fsp3) is 0.119. The Bertz CT molecular complexity index is 5610. The minimum absolute atomic E-state index is 0.0130. The predicted octanol–water partition coefficient (Wildman–Crippen LogP) is 19.9. The molecule has 14 rings (SSSR count). The van der Waals surface area contributed by atoms with Crippen LogP contribution in [0.2, 0.25) is 30.1 Å². The highest BCUT2D eigenvalue weighted by atomic mass is 35.5. The Hall–Kier alpha value is -11.4. The number of pyridine rings is 4. The minimum Gasteiger partial charge on any atom is -0.447 e. The summed E-state index contributed by atoms with van der Waals surface area (Å²) in [6.45, 7) is 6.39. The van der Waals surface area contributed by atoms with Gasteiger partial charge in [-0.05, 0) is 219 Å². The zero-order valence-electron chi connectivity index (χ0n) is 60.4. The molecule has 4 aromatic heterocycles. The van der Waals surface area contributed by atoms with Crippen molar-refractivity contribution < 1.29 is 50.3 Å². The van der Waals surface area contributed by atoms with Gasteiger partial charge in [0, 0.05) is 105 Å². The molecule has 4 N–H and O–H groups in total. The van der Waals surface area contributed by atoms with Gasteiger partial charge in [-0.25, -0.2) is 21.6 Å². The number of carbonyl (C=O) groups excluding carboxylic acids is 6. The highest BCUT2D eigenvalue weighted by Crippen LogP contribution is 2.36. The summed E-state index contributed by atoms with van der Waals surface area (Å²) < 4.78 is 52.9. The number of cyclic esters (lactones) is 1. The lowest BCUT2D eigenvalue weighted by Gasteiger charge is -2.17. The van der Waals surface area contributed by atoms with Crippen molar-refractivity contribution in [3.8, 4) is 45.0 Å². The van der Waals surface area contributed by atoms with E-state index in [2.05, 4.69) is 41.2 Å². The second kappa shape index (κ2) is 37.8. The van der Waals surface area contributed by atoms with Crippen molar-refractivity contribution in [2.75, 3.05) is 62.3 Å². The SMILES string of the molecule is CCS(=O)(=O)c1ccc(C(=O)Nc2ccc(Cl)c(-c3ccccn3)c2)c(C)c1.CCS(=O)(=O)c1ccc(C(=O)Nc2ccc(Cl)c(-c3ccccn3)c2)c(Cl)c1.O=C(Nc1ccc(Cl)c(-c2ccccn2)c1)c1ccc(N2CCCC2=O)cc1Cl.O=C(Nc1ccc(Cl)c(-c2ccccn2)c1)c1ccc(N2CCOC2=O)cc1. The molecule has 0 radical (unpaired) electrons. The summed E-state index contributed by atoms with van der Waals surface area (Å²) in [6.07, 6.45) is 7.69. The van der Waals surface area contributed by atoms with Crippen LogP contribution in [0.3, 0.4) is 0 Å². The molecule has 113 heavy (non-hydrogen) atoms. The first-order valence-electron chi connectivity index (χ1n) is 34.9. The van der Waals surface area contributed by atoms with Crippen molar-refractivity contribution in [2.45, 2.75) is 43.4 Å². The van der Waals surface area contributed by atoms with Gasteiger partial charge in [0.25, 0.3) is 23.6 Å². The molecule has 21 nitrogen and oxygen atoms in total. The molecule has 8 aromatic carbocycles. The van der Waals surface area contributed by atoms with Gasteiger partial charge >= 0.3 is 6.09 Å². The third-order valence-corrected chi connectivity index (χ3v) is 23.0. The number of carbonyl (C=O) groups is 6. The van der Waals surface area contributed by atoms with Gasteiger partial charge in [0.05, 0.1) is 91.9 Å². The number of halogens is 6. The van der Waals surface area contributed by atoms with Crippen LogP contribution < -0.4 is 31.1 Å². The monoisotopic (exact) mass is 1670 g/mol. The number of hydrogen-bond acceptors (Lipinski definition) is 15. The first kappa shape index (κ1) is 82.6. The molecule has 0 atom stereocenters. The normalized spacial score (nSPS) is 12.4. The zero-order chi connectivity index (χ0) is 80.5. The Morgan fingerprint density at radius 3 is 1.12 bits per heavy atom. The lowest BCUT2D eigenvalue weighted by atomic mass is 10.1. The van der Waals surface area contributed by atoms with Crippen LogP contribution in [-0.2, 0) is 29.2 Å². The number of benzene rings is 8. The van der Waals surface area contributed by atoms with Gasteiger partial charge in [-0.1, -0.05) is 108 Å². The van der Waals surface area contributed by atoms with E-state index in [1.54, 1.807) is 172 Å². The molecular formula is C84H68Cl6N10O11S2. The molecule has 29 heteroatoms. The van der Waals surface area contributed by atoms with Crippen molar-refractivity contribution in [1.82, 2.24) is 19.9 Å². The summed E-state index contributed by atoms with van der Waals surface area (Å²) >= 11 is 37.6. The number of hydrogen-bond donors (Lipinski definition) is 4. The van der Waals surface area contributed by atoms with E-state index in [4.69, 9.17) is 74.3 Å². The summed E-state index contributed by atoms with van der Waals surface area (Å²) in [7, 11) is -6.72. The number of sulfone groups is 2. The van der Waals surface area contributed by atoms with E-state index in [-0.39, 0.29) is 61.6 Å². The zero-order valence-corrected chi connectivity index (χ0v) is 66.5. The van der Waals surface area contributed by atoms with Crippen LogP contribution in [0.25, 0.3) is 45.0 Å². The third kappa shape index (κ3) is 21.0. The molecule has 2 aliphatic heterocycles. The van der Waals surface area contributed by atoms with Gasteiger partial charge in [0.2, 0.25) is 5.91 Å². The maximum absolute atomic E-state index is 12.7. The summed E-state index contributed by atoms with van der Waals surface area (Å²) in [5.74, 6) is -1.35. The fourth-order valence-corrected chi connectivity index (χ4v) is 14.9. The molecular weight excluding hydrogens is 1600 g/mol. The number of nitrogens with one attached hydrogen (secondary N) is 4. The molecule has 6 amide bonds. The van der Waals surface area contributed by atoms with Crippen molar-refractivity contribution >= 4 is 159 Å². The van der Waals surface area contributed by atoms with Crippen molar-refractivity contribution in [3.63, 3.8) is 0 Å². The van der Waals surface area contributed by atoms with Gasteiger partial charge < -0.3 is 30.9 Å². The standard InChI is InChI=1S/C22H17Cl2N3O2.C21H16ClN3O3.C21H19ClN2O3S.C20H16Cl2N2O3S/c23-18-9-6-14(12-17(18)20-4-1-2-10-25-20)26-22(29)16-8-7-15(13-19(16)24)27-11-3-5-21(27)28;22-18-9-6-15(13-17(18)19-3-1-2-10-23-19)24-20(26)14-4-7-16(8-5-14)25-11-12-28-21(25)27;1-3-28(26,27)16-8-9-17(14(2)12-16)21(25)24-15-7-10-19(22)18(13-15)20-6-4-5-11-23-20;1-2-28(26,27)14-7-8-15(18(22)12-14)20(25)24-13-6-9-17(21)16(11-13)19-5-3-4-10-23-19/h1-2,4,6-10,12-13H,3,5,11H2,(H,26,29);1-10,13H,11-12H2,(H,24,26);4-13H,3H2,1-2H3,(H,24,25);3-12H,2H2,1H3,(H,24,25). The summed E-state index contributed by atoms with van der Waals surface area (Å²) in [5.41, 5.74) is 11.3. The molecule has 0 bridgehead atoms. The first-order chi connectivity index (χ1) is 54.3. The summed E-state index contributed by atoms with van der Waals surface area (Å²) in [6, 6.07) is 63.1. The van der Waals surface area contributed by atoms with Crippen LogP contribution in [-0.4, -0.2) is 104 Å². The highest BCUT2D eigenvalue weighted by molar-refractivity contribution is 7.91. The highest BCUT2D eigenvalue weighted by Gasteiger charge is 2.26. The number of aryl methyl sites for hydroxylation is 1. The molecule has 0 aliphatic carbocycles. The van der Waals surface area contributed by atoms with Crippen LogP contribution in [0.4, 0.5) is 38.9 Å². The molecule has 2 saturated heterocycles. The van der Waals surface area contributed by atoms with Gasteiger partial charge in [0.15, 0.2) is 19.7 Å². The Balaban J connectivity index is 0.000000149. The average molecular weight is 1670 g/mol. The number of nitrogens with zero attached hydrogens (tertiary/aromatic N) is 6. The lowest BCUT2D eigenvalue weighted by Crippen LogP contribution is -2.23. The fourth-order valence-electron chi connectivity index (χ4n) is 11.6. The molecule has 0 spiro atoms. The molecule has 0 saturated carbocycles. The van der Waals surface area contributed by atoms with Gasteiger partial charge in [0.1, 0.15) is 6.61 Å². The van der Waals surface area contributed by atoms with Crippen LogP contribution >= 0.6 is 69.6 Å².